The van der Waals surface area contributed by atoms with Crippen molar-refractivity contribution in [2.45, 2.75) is 51.2 Å². The van der Waals surface area contributed by atoms with Gasteiger partial charge in [-0.15, -0.1) is 0 Å². The normalized spacial score (nSPS) is 21.1. The Morgan fingerprint density at radius 3 is 2.58 bits per heavy atom. The smallest absolute Gasteiger partial charge is 0.325 e. The maximum atomic E-state index is 11.5. The van der Waals surface area contributed by atoms with Gasteiger partial charge in [0.25, 0.3) is 0 Å². The Morgan fingerprint density at radius 1 is 1.42 bits per heavy atom. The summed E-state index contributed by atoms with van der Waals surface area (Å²) in [6, 6.07) is 0. The van der Waals surface area contributed by atoms with Crippen LogP contribution >= 0.6 is 0 Å². The number of hydrogen-bond acceptors (Lipinski definition) is 5. The molecule has 0 saturated carbocycles. The lowest BCUT2D eigenvalue weighted by molar-refractivity contribution is -0.146. The first-order valence-electron chi connectivity index (χ1n) is 7.21. The lowest BCUT2D eigenvalue weighted by Crippen LogP contribution is -2.46. The third kappa shape index (κ3) is 5.47. The zero-order chi connectivity index (χ0) is 14.3. The van der Waals surface area contributed by atoms with Crippen molar-refractivity contribution in [3.8, 4) is 0 Å². The summed E-state index contributed by atoms with van der Waals surface area (Å²) in [6.07, 6.45) is 4.21. The molecule has 5 heteroatoms. The molecule has 0 amide bonds. The van der Waals surface area contributed by atoms with Crippen LogP contribution in [-0.4, -0.2) is 55.9 Å². The molecule has 1 heterocycles. The first kappa shape index (κ1) is 16.4. The fourth-order valence-electron chi connectivity index (χ4n) is 2.54. The molecular formula is C14H28N2O3. The molecule has 0 aromatic carbocycles. The maximum absolute atomic E-state index is 11.5. The second kappa shape index (κ2) is 7.82. The lowest BCUT2D eigenvalue weighted by Gasteiger charge is -2.32. The number of likely N-dealkylation sites (tertiary alicyclic amines) is 1. The highest BCUT2D eigenvalue weighted by atomic mass is 16.5. The van der Waals surface area contributed by atoms with E-state index in [0.717, 1.165) is 45.5 Å². The van der Waals surface area contributed by atoms with Gasteiger partial charge in [-0.25, -0.2) is 0 Å². The van der Waals surface area contributed by atoms with E-state index in [9.17, 15) is 4.79 Å². The summed E-state index contributed by atoms with van der Waals surface area (Å²) >= 11 is 0. The van der Waals surface area contributed by atoms with Gasteiger partial charge in [-0.2, -0.15) is 0 Å². The van der Waals surface area contributed by atoms with Crippen molar-refractivity contribution in [1.82, 2.24) is 4.90 Å². The maximum Gasteiger partial charge on any atom is 0.325 e. The first-order valence-corrected chi connectivity index (χ1v) is 7.21. The molecule has 1 aliphatic rings. The predicted octanol–water partition coefficient (Wildman–Crippen LogP) is 1.16. The summed E-state index contributed by atoms with van der Waals surface area (Å²) in [5, 5.41) is 0. The number of methoxy groups -OCH3 is 1. The van der Waals surface area contributed by atoms with Crippen LogP contribution in [0.2, 0.25) is 0 Å². The van der Waals surface area contributed by atoms with Crippen LogP contribution in [-0.2, 0) is 14.3 Å². The molecule has 19 heavy (non-hydrogen) atoms. The average Bonchev–Trinajstić information content (AvgIpc) is 2.40. The minimum Gasteiger partial charge on any atom is -0.468 e. The second-order valence-electron chi connectivity index (χ2n) is 5.51. The van der Waals surface area contributed by atoms with E-state index in [-0.39, 0.29) is 5.97 Å². The topological polar surface area (TPSA) is 64.8 Å². The van der Waals surface area contributed by atoms with Crippen molar-refractivity contribution < 1.29 is 14.3 Å². The Bertz CT molecular complexity index is 274. The summed E-state index contributed by atoms with van der Waals surface area (Å²) in [6.45, 7) is 7.72. The van der Waals surface area contributed by atoms with Gasteiger partial charge in [0.05, 0.1) is 13.2 Å². The van der Waals surface area contributed by atoms with Gasteiger partial charge in [0, 0.05) is 19.7 Å². The fraction of sp³-hybridized carbons (Fsp3) is 0.929. The summed E-state index contributed by atoms with van der Waals surface area (Å²) in [4.78, 5) is 13.9. The molecule has 0 aliphatic carbocycles. The molecule has 112 valence electrons. The van der Waals surface area contributed by atoms with Crippen LogP contribution in [0.25, 0.3) is 0 Å². The van der Waals surface area contributed by atoms with Gasteiger partial charge in [0.1, 0.15) is 5.54 Å². The Morgan fingerprint density at radius 2 is 2.05 bits per heavy atom. The SMILES string of the molecule is CCOC1CCN(CCCC(C)(N)C(=O)OC)CC1. The van der Waals surface area contributed by atoms with Crippen LogP contribution in [0.1, 0.15) is 39.5 Å². The number of carbonyl (C=O) groups excluding carboxylic acids is 1. The Labute approximate surface area is 116 Å². The number of nitrogens with zero attached hydrogens (tertiary/aromatic N) is 1. The fourth-order valence-corrected chi connectivity index (χ4v) is 2.54. The van der Waals surface area contributed by atoms with Crippen molar-refractivity contribution in [3.05, 3.63) is 0 Å². The van der Waals surface area contributed by atoms with Crippen LogP contribution in [0.3, 0.4) is 0 Å². The zero-order valence-electron chi connectivity index (χ0n) is 12.5. The average molecular weight is 272 g/mol. The van der Waals surface area contributed by atoms with Gasteiger partial charge < -0.3 is 20.1 Å². The largest absolute Gasteiger partial charge is 0.468 e. The summed E-state index contributed by atoms with van der Waals surface area (Å²) in [7, 11) is 1.38. The van der Waals surface area contributed by atoms with E-state index in [4.69, 9.17) is 15.2 Å². The first-order chi connectivity index (χ1) is 8.99. The predicted molar refractivity (Wildman–Crippen MR) is 74.9 cm³/mol. The van der Waals surface area contributed by atoms with E-state index in [0.29, 0.717) is 12.5 Å². The minimum atomic E-state index is -0.863. The molecular weight excluding hydrogens is 244 g/mol. The van der Waals surface area contributed by atoms with Crippen LogP contribution in [0.15, 0.2) is 0 Å². The third-order valence-electron chi connectivity index (χ3n) is 3.76. The van der Waals surface area contributed by atoms with Crippen LogP contribution in [0, 0.1) is 0 Å². The number of hydrogen-bond donors (Lipinski definition) is 1. The number of piperidine rings is 1. The molecule has 1 saturated heterocycles. The second-order valence-corrected chi connectivity index (χ2v) is 5.51. The molecule has 0 radical (unpaired) electrons. The van der Waals surface area contributed by atoms with Crippen LogP contribution < -0.4 is 5.73 Å². The van der Waals surface area contributed by atoms with Gasteiger partial charge in [-0.1, -0.05) is 0 Å². The standard InChI is InChI=1S/C14H28N2O3/c1-4-19-12-6-10-16(11-7-12)9-5-8-14(2,15)13(17)18-3/h12H,4-11,15H2,1-3H3. The summed E-state index contributed by atoms with van der Waals surface area (Å²) < 4.78 is 10.3. The van der Waals surface area contributed by atoms with E-state index >= 15 is 0 Å². The Kier molecular flexibility index (Phi) is 6.75. The number of ether oxygens (including phenoxy) is 2. The molecule has 1 atom stereocenters. The van der Waals surface area contributed by atoms with E-state index < -0.39 is 5.54 Å². The molecule has 1 unspecified atom stereocenters. The Balaban J connectivity index is 2.19. The van der Waals surface area contributed by atoms with Crippen LogP contribution in [0.4, 0.5) is 0 Å². The molecule has 0 aromatic rings. The molecule has 0 spiro atoms. The molecule has 5 nitrogen and oxygen atoms in total. The quantitative estimate of drug-likeness (QED) is 0.705. The van der Waals surface area contributed by atoms with Crippen molar-refractivity contribution in [3.63, 3.8) is 0 Å². The molecule has 1 rings (SSSR count). The van der Waals surface area contributed by atoms with E-state index in [1.165, 1.54) is 7.11 Å². The molecule has 1 aliphatic heterocycles. The van der Waals surface area contributed by atoms with Gasteiger partial charge in [-0.05, 0) is 46.1 Å². The van der Waals surface area contributed by atoms with E-state index in [1.54, 1.807) is 6.92 Å². The van der Waals surface area contributed by atoms with Gasteiger partial charge in [-0.3, -0.25) is 4.79 Å². The van der Waals surface area contributed by atoms with Gasteiger partial charge in [0.15, 0.2) is 0 Å². The number of nitrogens with two attached hydrogens (primary N) is 1. The van der Waals surface area contributed by atoms with Crippen molar-refractivity contribution in [1.29, 1.82) is 0 Å². The molecule has 2 N–H and O–H groups in total. The van der Waals surface area contributed by atoms with E-state index in [1.807, 2.05) is 6.92 Å². The molecule has 0 aromatic heterocycles. The summed E-state index contributed by atoms with van der Waals surface area (Å²) in [5.41, 5.74) is 5.07. The summed E-state index contributed by atoms with van der Waals surface area (Å²) in [5.74, 6) is -0.331. The zero-order valence-corrected chi connectivity index (χ0v) is 12.5. The molecule has 1 fully saturated rings. The molecule has 0 bridgehead atoms. The van der Waals surface area contributed by atoms with Crippen molar-refractivity contribution in [2.75, 3.05) is 33.4 Å². The lowest BCUT2D eigenvalue weighted by atomic mass is 9.97. The number of carbonyl (C=O) groups is 1. The highest BCUT2D eigenvalue weighted by Gasteiger charge is 2.29. The number of esters is 1. The third-order valence-corrected chi connectivity index (χ3v) is 3.76. The minimum absolute atomic E-state index is 0.331. The van der Waals surface area contributed by atoms with E-state index in [2.05, 4.69) is 4.90 Å². The highest BCUT2D eigenvalue weighted by molar-refractivity contribution is 5.79. The monoisotopic (exact) mass is 272 g/mol. The highest BCUT2D eigenvalue weighted by Crippen LogP contribution is 2.16. The van der Waals surface area contributed by atoms with Gasteiger partial charge >= 0.3 is 5.97 Å². The van der Waals surface area contributed by atoms with Crippen molar-refractivity contribution in [2.24, 2.45) is 5.73 Å². The van der Waals surface area contributed by atoms with Crippen LogP contribution in [0.5, 0.6) is 0 Å². The van der Waals surface area contributed by atoms with Gasteiger partial charge in [0.2, 0.25) is 0 Å². The number of rotatable bonds is 7. The van der Waals surface area contributed by atoms with Crippen molar-refractivity contribution >= 4 is 5.97 Å². The Hall–Kier alpha value is -0.650.